The molecule has 2 aromatic rings. The van der Waals surface area contributed by atoms with E-state index in [-0.39, 0.29) is 24.2 Å². The van der Waals surface area contributed by atoms with Crippen LogP contribution in [0.15, 0.2) is 28.7 Å². The lowest BCUT2D eigenvalue weighted by Gasteiger charge is -2.34. The highest BCUT2D eigenvalue weighted by atomic mass is 16.5. The van der Waals surface area contributed by atoms with Gasteiger partial charge in [0.05, 0.1) is 0 Å². The molecule has 0 aliphatic carbocycles. The molecule has 1 aromatic heterocycles. The summed E-state index contributed by atoms with van der Waals surface area (Å²) in [7, 11) is 0. The van der Waals surface area contributed by atoms with Gasteiger partial charge in [-0.2, -0.15) is 0 Å². The first kappa shape index (κ1) is 19.4. The van der Waals surface area contributed by atoms with Crippen LogP contribution in [0.25, 0.3) is 11.0 Å². The van der Waals surface area contributed by atoms with Crippen molar-refractivity contribution in [2.24, 2.45) is 0 Å². The third-order valence-corrected chi connectivity index (χ3v) is 4.69. The molecule has 1 saturated heterocycles. The average Bonchev–Trinajstić information content (AvgIpc) is 3.05. The van der Waals surface area contributed by atoms with Crippen LogP contribution in [0.1, 0.15) is 30.8 Å². The lowest BCUT2D eigenvalue weighted by Crippen LogP contribution is -2.48. The molecule has 2 heterocycles. The first-order chi connectivity index (χ1) is 13.1. The number of para-hydroxylation sites is 1. The van der Waals surface area contributed by atoms with Gasteiger partial charge in [0.25, 0.3) is 5.91 Å². The summed E-state index contributed by atoms with van der Waals surface area (Å²) in [6.45, 7) is 8.44. The molecular formula is C20H27N3O4. The summed E-state index contributed by atoms with van der Waals surface area (Å²) in [5, 5.41) is 3.52. The molecule has 7 nitrogen and oxygen atoms in total. The molecule has 3 rings (SSSR count). The number of hydrogen-bond donors (Lipinski definition) is 1. The quantitative estimate of drug-likeness (QED) is 0.807. The van der Waals surface area contributed by atoms with Crippen LogP contribution in [0.5, 0.6) is 0 Å². The Labute approximate surface area is 159 Å². The number of furan rings is 1. The topological polar surface area (TPSA) is 75.0 Å². The van der Waals surface area contributed by atoms with Gasteiger partial charge in [-0.1, -0.05) is 19.1 Å². The van der Waals surface area contributed by atoms with Gasteiger partial charge in [0, 0.05) is 38.2 Å². The minimum absolute atomic E-state index is 0.0562. The Morgan fingerprint density at radius 2 is 1.89 bits per heavy atom. The van der Waals surface area contributed by atoms with E-state index in [2.05, 4.69) is 17.1 Å². The third-order valence-electron chi connectivity index (χ3n) is 4.69. The number of hydrogen-bond acceptors (Lipinski definition) is 5. The van der Waals surface area contributed by atoms with Gasteiger partial charge < -0.3 is 19.4 Å². The van der Waals surface area contributed by atoms with Crippen LogP contribution in [0.3, 0.4) is 0 Å². The molecule has 0 saturated carbocycles. The number of nitrogens with zero attached hydrogens (tertiary/aromatic N) is 2. The molecule has 0 radical (unpaired) electrons. The van der Waals surface area contributed by atoms with Gasteiger partial charge >= 0.3 is 0 Å². The maximum absolute atomic E-state index is 13.1. The number of ether oxygens (including phenoxy) is 1. The maximum atomic E-state index is 13.1. The number of piperazine rings is 1. The van der Waals surface area contributed by atoms with E-state index < -0.39 is 0 Å². The zero-order valence-electron chi connectivity index (χ0n) is 16.0. The van der Waals surface area contributed by atoms with Gasteiger partial charge in [-0.3, -0.25) is 14.5 Å². The third kappa shape index (κ3) is 4.48. The summed E-state index contributed by atoms with van der Waals surface area (Å²) in [5.41, 5.74) is 1.01. The molecule has 1 fully saturated rings. The molecule has 1 N–H and O–H groups in total. The van der Waals surface area contributed by atoms with Crippen molar-refractivity contribution in [3.63, 3.8) is 0 Å². The smallest absolute Gasteiger partial charge is 0.291 e. The second kappa shape index (κ2) is 9.01. The van der Waals surface area contributed by atoms with Crippen LogP contribution in [-0.4, -0.2) is 67.6 Å². The molecule has 0 unspecified atom stereocenters. The summed E-state index contributed by atoms with van der Waals surface area (Å²) >= 11 is 0. The van der Waals surface area contributed by atoms with Crippen molar-refractivity contribution in [3.05, 3.63) is 30.0 Å². The lowest BCUT2D eigenvalue weighted by molar-refractivity contribution is -0.120. The Balaban J connectivity index is 1.81. The number of carbonyl (C=O) groups is 2. The summed E-state index contributed by atoms with van der Waals surface area (Å²) in [5.74, 6) is -0.302. The Morgan fingerprint density at radius 1 is 1.15 bits per heavy atom. The van der Waals surface area contributed by atoms with E-state index in [0.717, 1.165) is 31.4 Å². The molecule has 146 valence electrons. The van der Waals surface area contributed by atoms with Crippen LogP contribution < -0.4 is 5.32 Å². The van der Waals surface area contributed by atoms with Gasteiger partial charge in [-0.05, 0) is 32.0 Å². The fourth-order valence-electron chi connectivity index (χ4n) is 3.32. The van der Waals surface area contributed by atoms with Crippen LogP contribution >= 0.6 is 0 Å². The molecule has 2 amide bonds. The minimum atomic E-state index is -0.301. The normalized spacial score (nSPS) is 15.3. The molecule has 0 atom stereocenters. The monoisotopic (exact) mass is 373 g/mol. The van der Waals surface area contributed by atoms with Gasteiger partial charge in [-0.15, -0.1) is 0 Å². The van der Waals surface area contributed by atoms with Gasteiger partial charge in [0.1, 0.15) is 17.9 Å². The van der Waals surface area contributed by atoms with Gasteiger partial charge in [0.2, 0.25) is 11.7 Å². The largest absolute Gasteiger partial charge is 0.449 e. The van der Waals surface area contributed by atoms with Crippen LogP contribution in [0, 0.1) is 0 Å². The van der Waals surface area contributed by atoms with Crippen LogP contribution in [0.2, 0.25) is 0 Å². The summed E-state index contributed by atoms with van der Waals surface area (Å²) < 4.78 is 11.0. The van der Waals surface area contributed by atoms with E-state index >= 15 is 0 Å². The zero-order chi connectivity index (χ0) is 19.2. The SMILES string of the molecule is CCCN1CCN(C(=O)c2oc3ccccc3c2NC(=O)COCC)CC1. The van der Waals surface area contributed by atoms with E-state index in [9.17, 15) is 9.59 Å². The standard InChI is InChI=1S/C20H27N3O4/c1-3-9-22-10-12-23(13-11-22)20(25)19-18(21-17(24)14-26-4-2)15-7-5-6-8-16(15)27-19/h5-8H,3-4,9-14H2,1-2H3,(H,21,24). The number of amides is 2. The van der Waals surface area contributed by atoms with E-state index in [1.165, 1.54) is 0 Å². The minimum Gasteiger partial charge on any atom is -0.449 e. The molecule has 0 bridgehead atoms. The number of benzene rings is 1. The van der Waals surface area contributed by atoms with Crippen molar-refractivity contribution < 1.29 is 18.7 Å². The van der Waals surface area contributed by atoms with Crippen molar-refractivity contribution in [2.45, 2.75) is 20.3 Å². The highest BCUT2D eigenvalue weighted by molar-refractivity contribution is 6.11. The fourth-order valence-corrected chi connectivity index (χ4v) is 3.32. The Kier molecular flexibility index (Phi) is 6.47. The second-order valence-electron chi connectivity index (χ2n) is 6.62. The van der Waals surface area contributed by atoms with E-state index in [4.69, 9.17) is 9.15 Å². The van der Waals surface area contributed by atoms with E-state index in [0.29, 0.717) is 31.0 Å². The molecule has 27 heavy (non-hydrogen) atoms. The summed E-state index contributed by atoms with van der Waals surface area (Å²) in [6, 6.07) is 7.33. The number of carbonyl (C=O) groups excluding carboxylic acids is 2. The average molecular weight is 373 g/mol. The summed E-state index contributed by atoms with van der Waals surface area (Å²) in [4.78, 5) is 29.4. The van der Waals surface area contributed by atoms with Crippen molar-refractivity contribution in [1.29, 1.82) is 0 Å². The van der Waals surface area contributed by atoms with Crippen LogP contribution in [0.4, 0.5) is 5.69 Å². The number of fused-ring (bicyclic) bond motifs is 1. The number of nitrogens with one attached hydrogen (secondary N) is 1. The second-order valence-corrected chi connectivity index (χ2v) is 6.62. The molecule has 1 aromatic carbocycles. The van der Waals surface area contributed by atoms with Crippen molar-refractivity contribution in [1.82, 2.24) is 9.80 Å². The lowest BCUT2D eigenvalue weighted by atomic mass is 10.2. The maximum Gasteiger partial charge on any atom is 0.291 e. The highest BCUT2D eigenvalue weighted by Gasteiger charge is 2.28. The Morgan fingerprint density at radius 3 is 2.59 bits per heavy atom. The van der Waals surface area contributed by atoms with E-state index in [1.807, 2.05) is 25.1 Å². The molecule has 1 aliphatic rings. The summed E-state index contributed by atoms with van der Waals surface area (Å²) in [6.07, 6.45) is 1.10. The van der Waals surface area contributed by atoms with Gasteiger partial charge in [0.15, 0.2) is 0 Å². The van der Waals surface area contributed by atoms with Gasteiger partial charge in [-0.25, -0.2) is 0 Å². The molecular weight excluding hydrogens is 346 g/mol. The fraction of sp³-hybridized carbons (Fsp3) is 0.500. The highest BCUT2D eigenvalue weighted by Crippen LogP contribution is 2.32. The predicted molar refractivity (Wildman–Crippen MR) is 104 cm³/mol. The number of rotatable bonds is 7. The molecule has 7 heteroatoms. The molecule has 1 aliphatic heterocycles. The van der Waals surface area contributed by atoms with Crippen molar-refractivity contribution >= 4 is 28.5 Å². The Hall–Kier alpha value is -2.38. The first-order valence-electron chi connectivity index (χ1n) is 9.54. The van der Waals surface area contributed by atoms with Crippen LogP contribution in [-0.2, 0) is 9.53 Å². The number of anilines is 1. The first-order valence-corrected chi connectivity index (χ1v) is 9.54. The predicted octanol–water partition coefficient (Wildman–Crippen LogP) is 2.58. The Bertz CT molecular complexity index is 794. The van der Waals surface area contributed by atoms with Crippen molar-refractivity contribution in [3.8, 4) is 0 Å². The zero-order valence-corrected chi connectivity index (χ0v) is 16.0. The van der Waals surface area contributed by atoms with E-state index in [1.54, 1.807) is 11.0 Å². The molecule has 0 spiro atoms. The van der Waals surface area contributed by atoms with Crippen molar-refractivity contribution in [2.75, 3.05) is 51.3 Å².